The molecule has 0 spiro atoms. The van der Waals surface area contributed by atoms with E-state index in [9.17, 15) is 19.5 Å². The van der Waals surface area contributed by atoms with Crippen molar-refractivity contribution in [1.82, 2.24) is 0 Å². The van der Waals surface area contributed by atoms with E-state index in [1.54, 1.807) is 20.8 Å². The highest BCUT2D eigenvalue weighted by molar-refractivity contribution is 5.90. The van der Waals surface area contributed by atoms with Crippen LogP contribution in [0.4, 0.5) is 0 Å². The second kappa shape index (κ2) is 4.80. The van der Waals surface area contributed by atoms with Gasteiger partial charge < -0.3 is 14.6 Å². The van der Waals surface area contributed by atoms with Crippen molar-refractivity contribution in [3.63, 3.8) is 0 Å². The summed E-state index contributed by atoms with van der Waals surface area (Å²) in [5.41, 5.74) is -2.06. The van der Waals surface area contributed by atoms with Gasteiger partial charge in [0, 0.05) is 18.3 Å². The Hall–Kier alpha value is -1.23. The molecule has 0 aromatic rings. The molecule has 0 bridgehead atoms. The Balaban J connectivity index is 3.31. The van der Waals surface area contributed by atoms with Crippen LogP contribution < -0.4 is 0 Å². The zero-order valence-corrected chi connectivity index (χ0v) is 11.2. The van der Waals surface area contributed by atoms with Gasteiger partial charge in [0.05, 0.1) is 18.6 Å². The van der Waals surface area contributed by atoms with Crippen LogP contribution in [0.5, 0.6) is 0 Å². The number of aldehydes is 1. The molecule has 1 saturated carbocycles. The van der Waals surface area contributed by atoms with Crippen LogP contribution in [0.15, 0.2) is 0 Å². The Kier molecular flexibility index (Phi) is 3.96. The van der Waals surface area contributed by atoms with Crippen molar-refractivity contribution in [3.8, 4) is 0 Å². The predicted octanol–water partition coefficient (Wildman–Crippen LogP) is 0.731. The molecule has 3 atom stereocenters. The number of hydrogen-bond acceptors (Lipinski definition) is 5. The molecule has 0 heterocycles. The molecule has 0 saturated heterocycles. The molecule has 5 heteroatoms. The van der Waals surface area contributed by atoms with Crippen LogP contribution in [0, 0.1) is 16.7 Å². The van der Waals surface area contributed by atoms with Gasteiger partial charge in [-0.25, -0.2) is 0 Å². The van der Waals surface area contributed by atoms with Crippen LogP contribution >= 0.6 is 0 Å². The Labute approximate surface area is 107 Å². The van der Waals surface area contributed by atoms with E-state index in [1.807, 2.05) is 0 Å². The normalized spacial score (nSPS) is 35.1. The van der Waals surface area contributed by atoms with Crippen LogP contribution in [0.25, 0.3) is 0 Å². The molecule has 5 nitrogen and oxygen atoms in total. The fraction of sp³-hybridized carbons (Fsp3) is 0.769. The number of esters is 1. The van der Waals surface area contributed by atoms with Crippen molar-refractivity contribution in [2.24, 2.45) is 16.7 Å². The van der Waals surface area contributed by atoms with Crippen molar-refractivity contribution in [2.75, 3.05) is 7.11 Å². The molecule has 1 rings (SSSR count). The van der Waals surface area contributed by atoms with Gasteiger partial charge in [0.25, 0.3) is 0 Å². The summed E-state index contributed by atoms with van der Waals surface area (Å²) in [6, 6.07) is 0. The standard InChI is InChI=1S/C13H20O5/c1-12(2)8(5-6-14)13(3,11(17)18-4)10(16)7-9(12)15/h6,8,10,16H,5,7H2,1-4H3/t8-,10+,13-/m1/s1. The average Bonchev–Trinajstić information content (AvgIpc) is 2.31. The third-order valence-electron chi connectivity index (χ3n) is 4.34. The fourth-order valence-electron chi connectivity index (χ4n) is 2.96. The minimum atomic E-state index is -1.23. The van der Waals surface area contributed by atoms with E-state index in [4.69, 9.17) is 4.74 Å². The molecule has 0 unspecified atom stereocenters. The summed E-state index contributed by atoms with van der Waals surface area (Å²) in [6.45, 7) is 4.97. The van der Waals surface area contributed by atoms with Crippen LogP contribution in [-0.2, 0) is 19.1 Å². The average molecular weight is 256 g/mol. The maximum atomic E-state index is 12.0. The molecule has 1 aliphatic rings. The van der Waals surface area contributed by atoms with Gasteiger partial charge in [0.1, 0.15) is 12.1 Å². The first-order valence-electron chi connectivity index (χ1n) is 5.96. The number of ether oxygens (including phenoxy) is 1. The number of Topliss-reactive ketones (excluding diaryl/α,β-unsaturated/α-hetero) is 1. The molecular formula is C13H20O5. The van der Waals surface area contributed by atoms with Crippen LogP contribution in [-0.4, -0.2) is 36.4 Å². The molecule has 0 aromatic carbocycles. The lowest BCUT2D eigenvalue weighted by molar-refractivity contribution is -0.180. The third-order valence-corrected chi connectivity index (χ3v) is 4.34. The predicted molar refractivity (Wildman–Crippen MR) is 63.7 cm³/mol. The SMILES string of the molecule is COC(=O)[C@]1(C)[C@H](CC=O)C(C)(C)C(=O)C[C@@H]1O. The molecule has 0 aliphatic heterocycles. The van der Waals surface area contributed by atoms with E-state index in [0.717, 1.165) is 0 Å². The van der Waals surface area contributed by atoms with E-state index in [1.165, 1.54) is 7.11 Å². The maximum absolute atomic E-state index is 12.0. The van der Waals surface area contributed by atoms with Crippen molar-refractivity contribution in [2.45, 2.75) is 39.7 Å². The smallest absolute Gasteiger partial charge is 0.314 e. The minimum Gasteiger partial charge on any atom is -0.469 e. The van der Waals surface area contributed by atoms with Gasteiger partial charge in [-0.3, -0.25) is 9.59 Å². The molecule has 18 heavy (non-hydrogen) atoms. The Morgan fingerprint density at radius 3 is 2.50 bits per heavy atom. The highest BCUT2D eigenvalue weighted by atomic mass is 16.5. The van der Waals surface area contributed by atoms with Crippen molar-refractivity contribution >= 4 is 18.0 Å². The van der Waals surface area contributed by atoms with Gasteiger partial charge >= 0.3 is 5.97 Å². The van der Waals surface area contributed by atoms with E-state index in [-0.39, 0.29) is 18.6 Å². The van der Waals surface area contributed by atoms with Gasteiger partial charge in [-0.15, -0.1) is 0 Å². The van der Waals surface area contributed by atoms with Crippen LogP contribution in [0.3, 0.4) is 0 Å². The first kappa shape index (κ1) is 14.8. The molecular weight excluding hydrogens is 236 g/mol. The summed E-state index contributed by atoms with van der Waals surface area (Å²) in [6.07, 6.45) is -0.482. The zero-order valence-electron chi connectivity index (χ0n) is 11.2. The molecule has 0 aromatic heterocycles. The third kappa shape index (κ3) is 1.96. The molecule has 1 fully saturated rings. The summed E-state index contributed by atoms with van der Waals surface area (Å²) < 4.78 is 4.74. The summed E-state index contributed by atoms with van der Waals surface area (Å²) in [5, 5.41) is 10.1. The van der Waals surface area contributed by atoms with E-state index in [0.29, 0.717) is 6.29 Å². The minimum absolute atomic E-state index is 0.0431. The number of carbonyl (C=O) groups excluding carboxylic acids is 3. The fourth-order valence-corrected chi connectivity index (χ4v) is 2.96. The zero-order chi connectivity index (χ0) is 14.1. The Bertz CT molecular complexity index is 374. The Morgan fingerprint density at radius 2 is 2.06 bits per heavy atom. The first-order chi connectivity index (χ1) is 8.22. The lowest BCUT2D eigenvalue weighted by Crippen LogP contribution is -2.58. The number of carbonyl (C=O) groups is 3. The first-order valence-corrected chi connectivity index (χ1v) is 5.96. The number of aliphatic hydroxyl groups is 1. The second-order valence-electron chi connectivity index (χ2n) is 5.59. The summed E-state index contributed by atoms with van der Waals surface area (Å²) in [7, 11) is 1.24. The van der Waals surface area contributed by atoms with E-state index < -0.39 is 28.8 Å². The number of rotatable bonds is 3. The van der Waals surface area contributed by atoms with Gasteiger partial charge in [-0.05, 0) is 12.8 Å². The molecule has 0 amide bonds. The number of hydrogen-bond donors (Lipinski definition) is 1. The van der Waals surface area contributed by atoms with E-state index >= 15 is 0 Å². The lowest BCUT2D eigenvalue weighted by Gasteiger charge is -2.49. The second-order valence-corrected chi connectivity index (χ2v) is 5.59. The number of aliphatic hydroxyl groups excluding tert-OH is 1. The van der Waals surface area contributed by atoms with Gasteiger partial charge in [-0.1, -0.05) is 13.8 Å². The number of methoxy groups -OCH3 is 1. The van der Waals surface area contributed by atoms with Crippen molar-refractivity contribution in [1.29, 1.82) is 0 Å². The van der Waals surface area contributed by atoms with Gasteiger partial charge in [-0.2, -0.15) is 0 Å². The van der Waals surface area contributed by atoms with E-state index in [2.05, 4.69) is 0 Å². The van der Waals surface area contributed by atoms with Gasteiger partial charge in [0.2, 0.25) is 0 Å². The summed E-state index contributed by atoms with van der Waals surface area (Å²) in [4.78, 5) is 34.8. The lowest BCUT2D eigenvalue weighted by atomic mass is 9.54. The topological polar surface area (TPSA) is 80.7 Å². The van der Waals surface area contributed by atoms with Crippen LogP contribution in [0.1, 0.15) is 33.6 Å². The molecule has 1 aliphatic carbocycles. The molecule has 1 N–H and O–H groups in total. The highest BCUT2D eigenvalue weighted by Gasteiger charge is 2.59. The highest BCUT2D eigenvalue weighted by Crippen LogP contribution is 2.51. The number of ketones is 1. The maximum Gasteiger partial charge on any atom is 0.314 e. The van der Waals surface area contributed by atoms with Crippen molar-refractivity contribution in [3.05, 3.63) is 0 Å². The summed E-state index contributed by atoms with van der Waals surface area (Å²) >= 11 is 0. The quantitative estimate of drug-likeness (QED) is 0.594. The van der Waals surface area contributed by atoms with Gasteiger partial charge in [0.15, 0.2) is 0 Å². The van der Waals surface area contributed by atoms with Crippen LogP contribution in [0.2, 0.25) is 0 Å². The Morgan fingerprint density at radius 1 is 1.50 bits per heavy atom. The molecule has 0 radical (unpaired) electrons. The largest absolute Gasteiger partial charge is 0.469 e. The van der Waals surface area contributed by atoms with Crippen molar-refractivity contribution < 1.29 is 24.2 Å². The monoisotopic (exact) mass is 256 g/mol. The molecule has 102 valence electrons. The summed E-state index contributed by atoms with van der Waals surface area (Å²) in [5.74, 6) is -1.28.